The van der Waals surface area contributed by atoms with Crippen molar-refractivity contribution in [3.63, 3.8) is 0 Å². The van der Waals surface area contributed by atoms with E-state index in [0.29, 0.717) is 12.1 Å². The zero-order valence-corrected chi connectivity index (χ0v) is 13.5. The minimum atomic E-state index is -1.11. The minimum Gasteiger partial charge on any atom is -0.384 e. The van der Waals surface area contributed by atoms with Crippen molar-refractivity contribution in [1.82, 2.24) is 10.6 Å². The molecular weight excluding hydrogens is 314 g/mol. The SMILES string of the molecule is CC(O)(CNC(=O)c1ccc(CNC(N)=O)cc1)c1ccsc1. The van der Waals surface area contributed by atoms with Crippen LogP contribution in [0.4, 0.5) is 4.79 Å². The van der Waals surface area contributed by atoms with Crippen LogP contribution >= 0.6 is 11.3 Å². The van der Waals surface area contributed by atoms with E-state index in [2.05, 4.69) is 10.6 Å². The third kappa shape index (κ3) is 4.80. The van der Waals surface area contributed by atoms with Crippen LogP contribution in [0.25, 0.3) is 0 Å². The first kappa shape index (κ1) is 17.0. The fraction of sp³-hybridized carbons (Fsp3) is 0.250. The number of urea groups is 1. The number of thiophene rings is 1. The summed E-state index contributed by atoms with van der Waals surface area (Å²) >= 11 is 1.49. The van der Waals surface area contributed by atoms with Crippen molar-refractivity contribution in [2.75, 3.05) is 6.54 Å². The van der Waals surface area contributed by atoms with Gasteiger partial charge in [0.05, 0.1) is 6.54 Å². The molecule has 5 N–H and O–H groups in total. The molecule has 1 unspecified atom stereocenters. The Morgan fingerprint density at radius 2 is 1.91 bits per heavy atom. The molecule has 6 nitrogen and oxygen atoms in total. The molecule has 7 heteroatoms. The fourth-order valence-electron chi connectivity index (χ4n) is 1.99. The second kappa shape index (κ2) is 7.26. The van der Waals surface area contributed by atoms with Crippen LogP contribution in [0.5, 0.6) is 0 Å². The molecule has 0 radical (unpaired) electrons. The van der Waals surface area contributed by atoms with E-state index in [1.165, 1.54) is 11.3 Å². The number of carbonyl (C=O) groups is 2. The molecular formula is C16H19N3O3S. The molecule has 0 saturated heterocycles. The summed E-state index contributed by atoms with van der Waals surface area (Å²) in [6, 6.07) is 8.03. The molecule has 122 valence electrons. The van der Waals surface area contributed by atoms with E-state index in [0.717, 1.165) is 11.1 Å². The summed E-state index contributed by atoms with van der Waals surface area (Å²) in [7, 11) is 0. The average molecular weight is 333 g/mol. The number of aliphatic hydroxyl groups is 1. The number of hydrogen-bond acceptors (Lipinski definition) is 4. The summed E-state index contributed by atoms with van der Waals surface area (Å²) in [6.45, 7) is 2.09. The third-order valence-electron chi connectivity index (χ3n) is 3.42. The van der Waals surface area contributed by atoms with E-state index in [9.17, 15) is 14.7 Å². The molecule has 1 heterocycles. The Labute approximate surface area is 138 Å². The smallest absolute Gasteiger partial charge is 0.312 e. The highest BCUT2D eigenvalue weighted by Crippen LogP contribution is 2.22. The van der Waals surface area contributed by atoms with Gasteiger partial charge in [0, 0.05) is 12.1 Å². The van der Waals surface area contributed by atoms with Crippen LogP contribution < -0.4 is 16.4 Å². The summed E-state index contributed by atoms with van der Waals surface area (Å²) in [5.41, 5.74) is 5.98. The van der Waals surface area contributed by atoms with Crippen molar-refractivity contribution >= 4 is 23.3 Å². The van der Waals surface area contributed by atoms with Crippen molar-refractivity contribution < 1.29 is 14.7 Å². The zero-order valence-electron chi connectivity index (χ0n) is 12.7. The first-order chi connectivity index (χ1) is 10.9. The van der Waals surface area contributed by atoms with Gasteiger partial charge in [0.1, 0.15) is 5.60 Å². The maximum absolute atomic E-state index is 12.1. The van der Waals surface area contributed by atoms with Crippen molar-refractivity contribution in [3.05, 3.63) is 57.8 Å². The lowest BCUT2D eigenvalue weighted by molar-refractivity contribution is 0.0530. The van der Waals surface area contributed by atoms with E-state index in [-0.39, 0.29) is 12.5 Å². The highest BCUT2D eigenvalue weighted by molar-refractivity contribution is 7.08. The average Bonchev–Trinajstić information content (AvgIpc) is 3.06. The van der Waals surface area contributed by atoms with E-state index < -0.39 is 11.6 Å². The Balaban J connectivity index is 1.92. The van der Waals surface area contributed by atoms with Gasteiger partial charge in [0.2, 0.25) is 0 Å². The van der Waals surface area contributed by atoms with Crippen LogP contribution in [-0.4, -0.2) is 23.6 Å². The van der Waals surface area contributed by atoms with Crippen LogP contribution in [0.1, 0.15) is 28.4 Å². The lowest BCUT2D eigenvalue weighted by Crippen LogP contribution is -2.38. The predicted octanol–water partition coefficient (Wildman–Crippen LogP) is 1.55. The second-order valence-corrected chi connectivity index (χ2v) is 6.16. The molecule has 0 bridgehead atoms. The van der Waals surface area contributed by atoms with Gasteiger partial charge in [-0.1, -0.05) is 12.1 Å². The Kier molecular flexibility index (Phi) is 5.36. The number of nitrogens with one attached hydrogen (secondary N) is 2. The maximum atomic E-state index is 12.1. The van der Waals surface area contributed by atoms with E-state index in [1.54, 1.807) is 31.2 Å². The van der Waals surface area contributed by atoms with Crippen molar-refractivity contribution in [1.29, 1.82) is 0 Å². The number of hydrogen-bond donors (Lipinski definition) is 4. The van der Waals surface area contributed by atoms with E-state index in [1.807, 2.05) is 16.8 Å². The maximum Gasteiger partial charge on any atom is 0.312 e. The van der Waals surface area contributed by atoms with Crippen molar-refractivity contribution in [3.8, 4) is 0 Å². The van der Waals surface area contributed by atoms with Crippen LogP contribution in [0, 0.1) is 0 Å². The van der Waals surface area contributed by atoms with Gasteiger partial charge < -0.3 is 21.5 Å². The van der Waals surface area contributed by atoms with Crippen LogP contribution in [-0.2, 0) is 12.1 Å². The van der Waals surface area contributed by atoms with Crippen LogP contribution in [0.3, 0.4) is 0 Å². The Hall–Kier alpha value is -2.38. The quantitative estimate of drug-likeness (QED) is 0.644. The van der Waals surface area contributed by atoms with Gasteiger partial charge >= 0.3 is 6.03 Å². The van der Waals surface area contributed by atoms with Gasteiger partial charge in [-0.15, -0.1) is 0 Å². The van der Waals surface area contributed by atoms with Crippen molar-refractivity contribution in [2.24, 2.45) is 5.73 Å². The predicted molar refractivity (Wildman–Crippen MR) is 89.1 cm³/mol. The molecule has 1 aromatic carbocycles. The first-order valence-corrected chi connectivity index (χ1v) is 7.98. The Morgan fingerprint density at radius 3 is 2.48 bits per heavy atom. The molecule has 0 aliphatic rings. The molecule has 2 aromatic rings. The fourth-order valence-corrected chi connectivity index (χ4v) is 2.77. The lowest BCUT2D eigenvalue weighted by atomic mass is 9.99. The monoisotopic (exact) mass is 333 g/mol. The Morgan fingerprint density at radius 1 is 1.22 bits per heavy atom. The standard InChI is InChI=1S/C16H19N3O3S/c1-16(22,13-6-7-23-9-13)10-19-14(20)12-4-2-11(3-5-12)8-18-15(17)21/h2-7,9,22H,8,10H2,1H3,(H,19,20)(H3,17,18,21). The zero-order chi connectivity index (χ0) is 16.9. The lowest BCUT2D eigenvalue weighted by Gasteiger charge is -2.22. The van der Waals surface area contributed by atoms with Crippen molar-refractivity contribution in [2.45, 2.75) is 19.1 Å². The van der Waals surface area contributed by atoms with Crippen LogP contribution in [0.15, 0.2) is 41.1 Å². The molecule has 1 aromatic heterocycles. The van der Waals surface area contributed by atoms with E-state index in [4.69, 9.17) is 5.73 Å². The van der Waals surface area contributed by atoms with Gasteiger partial charge in [-0.3, -0.25) is 4.79 Å². The third-order valence-corrected chi connectivity index (χ3v) is 4.10. The molecule has 1 atom stereocenters. The Bertz CT molecular complexity index is 666. The summed E-state index contributed by atoms with van der Waals surface area (Å²) < 4.78 is 0. The first-order valence-electron chi connectivity index (χ1n) is 7.04. The number of benzene rings is 1. The molecule has 2 rings (SSSR count). The molecule has 0 fully saturated rings. The molecule has 0 aliphatic carbocycles. The van der Waals surface area contributed by atoms with Gasteiger partial charge in [0.25, 0.3) is 5.91 Å². The highest BCUT2D eigenvalue weighted by atomic mass is 32.1. The molecule has 0 spiro atoms. The number of rotatable bonds is 6. The number of carbonyl (C=O) groups excluding carboxylic acids is 2. The van der Waals surface area contributed by atoms with Crippen LogP contribution in [0.2, 0.25) is 0 Å². The topological polar surface area (TPSA) is 104 Å². The van der Waals surface area contributed by atoms with Gasteiger partial charge in [-0.25, -0.2) is 4.79 Å². The summed E-state index contributed by atoms with van der Waals surface area (Å²) in [4.78, 5) is 22.8. The summed E-state index contributed by atoms with van der Waals surface area (Å²) in [5, 5.41) is 19.3. The second-order valence-electron chi connectivity index (χ2n) is 5.38. The van der Waals surface area contributed by atoms with Gasteiger partial charge in [-0.2, -0.15) is 11.3 Å². The number of nitrogens with two attached hydrogens (primary N) is 1. The van der Waals surface area contributed by atoms with E-state index >= 15 is 0 Å². The highest BCUT2D eigenvalue weighted by Gasteiger charge is 2.24. The molecule has 0 saturated carbocycles. The van der Waals surface area contributed by atoms with Gasteiger partial charge in [-0.05, 0) is 47.0 Å². The minimum absolute atomic E-state index is 0.119. The molecule has 3 amide bonds. The summed E-state index contributed by atoms with van der Waals surface area (Å²) in [5.74, 6) is -0.269. The summed E-state index contributed by atoms with van der Waals surface area (Å²) in [6.07, 6.45) is 0. The largest absolute Gasteiger partial charge is 0.384 e. The normalized spacial score (nSPS) is 13.1. The van der Waals surface area contributed by atoms with Gasteiger partial charge in [0.15, 0.2) is 0 Å². The molecule has 0 aliphatic heterocycles. The number of amides is 3. The number of primary amides is 1. The molecule has 23 heavy (non-hydrogen) atoms.